The number of hydrogen-bond acceptors (Lipinski definition) is 5. The number of nitrogens with zero attached hydrogens (tertiary/aromatic N) is 3. The van der Waals surface area contributed by atoms with Gasteiger partial charge in [-0.2, -0.15) is 13.2 Å². The topological polar surface area (TPSA) is 76.7 Å². The molecule has 0 amide bonds. The molecule has 3 rings (SSSR count). The van der Waals surface area contributed by atoms with Gasteiger partial charge in [0.2, 0.25) is 0 Å². The fourth-order valence-electron chi connectivity index (χ4n) is 2.47. The number of nitrogens with two attached hydrogens (primary N) is 1. The Bertz CT molecular complexity index is 878. The summed E-state index contributed by atoms with van der Waals surface area (Å²) >= 11 is 0. The highest BCUT2D eigenvalue weighted by Gasteiger charge is 2.30. The molecule has 25 heavy (non-hydrogen) atoms. The van der Waals surface area contributed by atoms with Crippen LogP contribution < -0.4 is 11.1 Å². The summed E-state index contributed by atoms with van der Waals surface area (Å²) in [6, 6.07) is 8.63. The van der Waals surface area contributed by atoms with E-state index in [0.29, 0.717) is 23.8 Å². The zero-order valence-corrected chi connectivity index (χ0v) is 13.4. The number of nitrogen functional groups attached to an aromatic ring is 1. The lowest BCUT2D eigenvalue weighted by molar-refractivity contribution is -0.137. The minimum absolute atomic E-state index is 0.00552. The third-order valence-electron chi connectivity index (χ3n) is 3.90. The van der Waals surface area contributed by atoms with Gasteiger partial charge in [0.05, 0.1) is 10.9 Å². The van der Waals surface area contributed by atoms with E-state index in [-0.39, 0.29) is 5.92 Å². The Labute approximate surface area is 142 Å². The number of hydrogen-bond donors (Lipinski definition) is 2. The lowest BCUT2D eigenvalue weighted by atomic mass is 9.99. The second kappa shape index (κ2) is 6.54. The Balaban J connectivity index is 1.73. The van der Waals surface area contributed by atoms with E-state index in [4.69, 9.17) is 5.73 Å². The van der Waals surface area contributed by atoms with Crippen LogP contribution in [0.4, 0.5) is 24.8 Å². The van der Waals surface area contributed by atoms with E-state index in [1.165, 1.54) is 18.5 Å². The maximum atomic E-state index is 12.6. The van der Waals surface area contributed by atoms with Crippen LogP contribution in [0.15, 0.2) is 42.7 Å². The third-order valence-corrected chi connectivity index (χ3v) is 3.90. The summed E-state index contributed by atoms with van der Waals surface area (Å²) < 4.78 is 37.9. The third kappa shape index (κ3) is 3.78. The van der Waals surface area contributed by atoms with Gasteiger partial charge in [-0.3, -0.25) is 0 Å². The SMILES string of the molecule is CC(CNc1ncnc2nc(N)ccc12)c1ccc(C(F)(F)F)cc1. The zero-order valence-electron chi connectivity index (χ0n) is 13.4. The first-order valence-corrected chi connectivity index (χ1v) is 7.63. The van der Waals surface area contributed by atoms with E-state index < -0.39 is 11.7 Å². The number of aromatic nitrogens is 3. The molecule has 1 aromatic carbocycles. The summed E-state index contributed by atoms with van der Waals surface area (Å²) in [7, 11) is 0. The highest BCUT2D eigenvalue weighted by molar-refractivity contribution is 5.87. The van der Waals surface area contributed by atoms with E-state index in [9.17, 15) is 13.2 Å². The highest BCUT2D eigenvalue weighted by atomic mass is 19.4. The smallest absolute Gasteiger partial charge is 0.384 e. The average Bonchev–Trinajstić information content (AvgIpc) is 2.58. The van der Waals surface area contributed by atoms with Crippen molar-refractivity contribution in [2.45, 2.75) is 19.0 Å². The molecule has 5 nitrogen and oxygen atoms in total. The van der Waals surface area contributed by atoms with Crippen LogP contribution in [-0.4, -0.2) is 21.5 Å². The Hall–Kier alpha value is -2.90. The van der Waals surface area contributed by atoms with Gasteiger partial charge in [-0.25, -0.2) is 15.0 Å². The monoisotopic (exact) mass is 347 g/mol. The van der Waals surface area contributed by atoms with Crippen LogP contribution in [0.1, 0.15) is 24.0 Å². The molecule has 2 heterocycles. The molecule has 1 unspecified atom stereocenters. The van der Waals surface area contributed by atoms with Gasteiger partial charge in [0.25, 0.3) is 0 Å². The molecule has 0 saturated heterocycles. The Kier molecular flexibility index (Phi) is 4.43. The van der Waals surface area contributed by atoms with Crippen LogP contribution in [0, 0.1) is 0 Å². The molecule has 0 saturated carbocycles. The molecular formula is C17H16F3N5. The number of pyridine rings is 1. The molecule has 0 aliphatic heterocycles. The summed E-state index contributed by atoms with van der Waals surface area (Å²) in [5.41, 5.74) is 6.28. The Morgan fingerprint density at radius 3 is 2.48 bits per heavy atom. The molecule has 8 heteroatoms. The number of anilines is 2. The van der Waals surface area contributed by atoms with Crippen LogP contribution in [0.3, 0.4) is 0 Å². The van der Waals surface area contributed by atoms with Crippen molar-refractivity contribution in [2.75, 3.05) is 17.6 Å². The summed E-state index contributed by atoms with van der Waals surface area (Å²) in [4.78, 5) is 12.4. The molecule has 0 radical (unpaired) electrons. The second-order valence-electron chi connectivity index (χ2n) is 5.73. The largest absolute Gasteiger partial charge is 0.416 e. The minimum atomic E-state index is -4.32. The van der Waals surface area contributed by atoms with Crippen LogP contribution in [0.2, 0.25) is 0 Å². The fraction of sp³-hybridized carbons (Fsp3) is 0.235. The van der Waals surface area contributed by atoms with Crippen molar-refractivity contribution >= 4 is 22.7 Å². The van der Waals surface area contributed by atoms with Crippen molar-refractivity contribution in [1.29, 1.82) is 0 Å². The summed E-state index contributed by atoms with van der Waals surface area (Å²) in [5.74, 6) is 0.973. The van der Waals surface area contributed by atoms with Gasteiger partial charge in [-0.15, -0.1) is 0 Å². The first-order valence-electron chi connectivity index (χ1n) is 7.63. The molecule has 0 aliphatic carbocycles. The van der Waals surface area contributed by atoms with Crippen molar-refractivity contribution in [3.8, 4) is 0 Å². The Morgan fingerprint density at radius 2 is 1.80 bits per heavy atom. The van der Waals surface area contributed by atoms with Gasteiger partial charge in [-0.05, 0) is 35.7 Å². The standard InChI is InChI=1S/C17H16F3N5/c1-10(11-2-4-12(5-3-11)17(18,19)20)8-22-15-13-6-7-14(21)25-16(13)24-9-23-15/h2-7,9-10H,8H2,1H3,(H3,21,22,23,24,25). The van der Waals surface area contributed by atoms with Gasteiger partial charge in [0, 0.05) is 6.54 Å². The maximum Gasteiger partial charge on any atom is 0.416 e. The van der Waals surface area contributed by atoms with Gasteiger partial charge in [0.15, 0.2) is 5.65 Å². The van der Waals surface area contributed by atoms with Crippen molar-refractivity contribution in [2.24, 2.45) is 0 Å². The van der Waals surface area contributed by atoms with E-state index >= 15 is 0 Å². The minimum Gasteiger partial charge on any atom is -0.384 e. The molecule has 0 bridgehead atoms. The van der Waals surface area contributed by atoms with Crippen molar-refractivity contribution < 1.29 is 13.2 Å². The molecule has 0 fully saturated rings. The van der Waals surface area contributed by atoms with Gasteiger partial charge < -0.3 is 11.1 Å². The predicted molar refractivity (Wildman–Crippen MR) is 90.1 cm³/mol. The number of halogens is 3. The van der Waals surface area contributed by atoms with Crippen LogP contribution >= 0.6 is 0 Å². The number of alkyl halides is 3. The van der Waals surface area contributed by atoms with Gasteiger partial charge in [0.1, 0.15) is 18.0 Å². The van der Waals surface area contributed by atoms with Crippen LogP contribution in [0.5, 0.6) is 0 Å². The predicted octanol–water partition coefficient (Wildman–Crippen LogP) is 3.84. The summed E-state index contributed by atoms with van der Waals surface area (Å²) in [5, 5.41) is 3.93. The average molecular weight is 347 g/mol. The highest BCUT2D eigenvalue weighted by Crippen LogP contribution is 2.30. The summed E-state index contributed by atoms with van der Waals surface area (Å²) in [6.45, 7) is 2.43. The molecule has 0 spiro atoms. The molecule has 2 aromatic heterocycles. The molecule has 1 atom stereocenters. The number of nitrogens with one attached hydrogen (secondary N) is 1. The molecule has 0 aliphatic rings. The second-order valence-corrected chi connectivity index (χ2v) is 5.73. The van der Waals surface area contributed by atoms with Crippen molar-refractivity contribution in [3.05, 3.63) is 53.9 Å². The normalized spacial score (nSPS) is 13.0. The number of fused-ring (bicyclic) bond motifs is 1. The number of benzene rings is 1. The lowest BCUT2D eigenvalue weighted by Gasteiger charge is -2.15. The summed E-state index contributed by atoms with van der Waals surface area (Å²) in [6.07, 6.45) is -2.94. The first-order chi connectivity index (χ1) is 11.8. The van der Waals surface area contributed by atoms with Crippen molar-refractivity contribution in [1.82, 2.24) is 15.0 Å². The van der Waals surface area contributed by atoms with Crippen molar-refractivity contribution in [3.63, 3.8) is 0 Å². The lowest BCUT2D eigenvalue weighted by Crippen LogP contribution is -2.12. The molecule has 3 aromatic rings. The molecular weight excluding hydrogens is 331 g/mol. The van der Waals surface area contributed by atoms with E-state index in [2.05, 4.69) is 20.3 Å². The quantitative estimate of drug-likeness (QED) is 0.750. The van der Waals surface area contributed by atoms with Gasteiger partial charge in [-0.1, -0.05) is 19.1 Å². The maximum absolute atomic E-state index is 12.6. The van der Waals surface area contributed by atoms with Crippen LogP contribution in [-0.2, 0) is 6.18 Å². The van der Waals surface area contributed by atoms with Gasteiger partial charge >= 0.3 is 6.18 Å². The zero-order chi connectivity index (χ0) is 18.0. The molecule has 3 N–H and O–H groups in total. The number of rotatable bonds is 4. The van der Waals surface area contributed by atoms with E-state index in [1.54, 1.807) is 12.1 Å². The van der Waals surface area contributed by atoms with E-state index in [0.717, 1.165) is 23.1 Å². The van der Waals surface area contributed by atoms with E-state index in [1.807, 2.05) is 6.92 Å². The van der Waals surface area contributed by atoms with Crippen LogP contribution in [0.25, 0.3) is 11.0 Å². The fourth-order valence-corrected chi connectivity index (χ4v) is 2.47. The first kappa shape index (κ1) is 16.9. The molecule has 130 valence electrons. The Morgan fingerprint density at radius 1 is 1.08 bits per heavy atom.